The molecule has 0 bridgehead atoms. The highest BCUT2D eigenvalue weighted by molar-refractivity contribution is 7.90. The monoisotopic (exact) mass is 345 g/mol. The number of carbonyl (C=O) groups is 1. The largest absolute Gasteiger partial charge is 0.354 e. The van der Waals surface area contributed by atoms with E-state index in [-0.39, 0.29) is 18.2 Å². The van der Waals surface area contributed by atoms with Gasteiger partial charge in [-0.15, -0.1) is 0 Å². The second-order valence-corrected chi connectivity index (χ2v) is 8.51. The molecule has 0 fully saturated rings. The third kappa shape index (κ3) is 4.93. The normalized spacial score (nSPS) is 13.9. The highest BCUT2D eigenvalue weighted by Crippen LogP contribution is 2.28. The second-order valence-electron chi connectivity index (χ2n) is 6.25. The first-order chi connectivity index (χ1) is 11.3. The Morgan fingerprint density at radius 2 is 1.54 bits per heavy atom. The van der Waals surface area contributed by atoms with Crippen molar-refractivity contribution in [3.05, 3.63) is 71.8 Å². The maximum atomic E-state index is 12.8. The van der Waals surface area contributed by atoms with E-state index in [4.69, 9.17) is 0 Å². The summed E-state index contributed by atoms with van der Waals surface area (Å²) in [7, 11) is -3.10. The van der Waals surface area contributed by atoms with Crippen molar-refractivity contribution in [3.8, 4) is 0 Å². The van der Waals surface area contributed by atoms with E-state index in [1.54, 1.807) is 0 Å². The molecule has 5 heteroatoms. The maximum absolute atomic E-state index is 12.8. The van der Waals surface area contributed by atoms with Gasteiger partial charge in [-0.2, -0.15) is 0 Å². The lowest BCUT2D eigenvalue weighted by atomic mass is 9.76. The highest BCUT2D eigenvalue weighted by Gasteiger charge is 2.35. The molecule has 0 heterocycles. The number of carbonyl (C=O) groups excluding carboxylic acids is 1. The number of hydrogen-bond donors (Lipinski definition) is 1. The van der Waals surface area contributed by atoms with Gasteiger partial charge >= 0.3 is 0 Å². The summed E-state index contributed by atoms with van der Waals surface area (Å²) in [5.74, 6) is -0.226. The number of sulfone groups is 1. The van der Waals surface area contributed by atoms with Crippen molar-refractivity contribution in [2.45, 2.75) is 18.8 Å². The van der Waals surface area contributed by atoms with Crippen molar-refractivity contribution in [1.82, 2.24) is 5.32 Å². The van der Waals surface area contributed by atoms with Crippen molar-refractivity contribution >= 4 is 15.7 Å². The van der Waals surface area contributed by atoms with Crippen molar-refractivity contribution in [1.29, 1.82) is 0 Å². The van der Waals surface area contributed by atoms with Crippen LogP contribution in [0.15, 0.2) is 60.7 Å². The van der Waals surface area contributed by atoms with Gasteiger partial charge in [-0.3, -0.25) is 4.79 Å². The van der Waals surface area contributed by atoms with Crippen LogP contribution in [0.2, 0.25) is 0 Å². The molecule has 0 saturated carbocycles. The first-order valence-corrected chi connectivity index (χ1v) is 9.93. The molecule has 0 radical (unpaired) electrons. The number of benzene rings is 2. The van der Waals surface area contributed by atoms with Crippen LogP contribution in [0.4, 0.5) is 0 Å². The van der Waals surface area contributed by atoms with Gasteiger partial charge in [0.2, 0.25) is 5.91 Å². The third-order valence-electron chi connectivity index (χ3n) is 4.07. The Kier molecular flexibility index (Phi) is 5.78. The zero-order valence-electron chi connectivity index (χ0n) is 14.0. The summed E-state index contributed by atoms with van der Waals surface area (Å²) in [6.45, 7) is 2.01. The Bertz CT molecular complexity index is 773. The van der Waals surface area contributed by atoms with Crippen LogP contribution in [0.25, 0.3) is 0 Å². The molecule has 0 aromatic heterocycles. The molecule has 0 aliphatic heterocycles. The van der Waals surface area contributed by atoms with Crippen LogP contribution >= 0.6 is 0 Å². The maximum Gasteiger partial charge on any atom is 0.230 e. The van der Waals surface area contributed by atoms with Gasteiger partial charge in [-0.25, -0.2) is 8.42 Å². The molecule has 1 unspecified atom stereocenters. The molecular weight excluding hydrogens is 322 g/mol. The summed E-state index contributed by atoms with van der Waals surface area (Å²) < 4.78 is 22.5. The van der Waals surface area contributed by atoms with Gasteiger partial charge in [-0.1, -0.05) is 60.7 Å². The molecule has 0 saturated heterocycles. The summed E-state index contributed by atoms with van der Waals surface area (Å²) >= 11 is 0. The van der Waals surface area contributed by atoms with Crippen molar-refractivity contribution in [3.63, 3.8) is 0 Å². The number of hydrogen-bond acceptors (Lipinski definition) is 3. The average Bonchev–Trinajstić information content (AvgIpc) is 2.55. The van der Waals surface area contributed by atoms with E-state index in [9.17, 15) is 13.2 Å². The SMILES string of the molecule is CC(Cc1ccccc1)(C(=O)NCCS(C)(=O)=O)c1ccccc1. The Balaban J connectivity index is 2.24. The van der Waals surface area contributed by atoms with Gasteiger partial charge < -0.3 is 5.32 Å². The molecule has 4 nitrogen and oxygen atoms in total. The van der Waals surface area contributed by atoms with Crippen LogP contribution in [-0.4, -0.2) is 32.9 Å². The van der Waals surface area contributed by atoms with E-state index < -0.39 is 15.3 Å². The first-order valence-electron chi connectivity index (χ1n) is 7.87. The lowest BCUT2D eigenvalue weighted by Crippen LogP contribution is -2.45. The fourth-order valence-corrected chi connectivity index (χ4v) is 3.14. The van der Waals surface area contributed by atoms with Crippen LogP contribution < -0.4 is 5.32 Å². The number of rotatable bonds is 7. The molecule has 128 valence electrons. The van der Waals surface area contributed by atoms with Crippen molar-refractivity contribution in [2.24, 2.45) is 0 Å². The van der Waals surface area contributed by atoms with E-state index in [2.05, 4.69) is 5.32 Å². The lowest BCUT2D eigenvalue weighted by molar-refractivity contribution is -0.126. The van der Waals surface area contributed by atoms with Crippen LogP contribution in [0, 0.1) is 0 Å². The number of nitrogens with one attached hydrogen (secondary N) is 1. The zero-order chi connectivity index (χ0) is 17.6. The Labute approximate surface area is 143 Å². The van der Waals surface area contributed by atoms with E-state index in [1.807, 2.05) is 67.6 Å². The Morgan fingerprint density at radius 3 is 2.08 bits per heavy atom. The molecule has 2 aromatic carbocycles. The van der Waals surface area contributed by atoms with Crippen molar-refractivity contribution in [2.75, 3.05) is 18.6 Å². The molecule has 2 aromatic rings. The smallest absolute Gasteiger partial charge is 0.230 e. The standard InChI is InChI=1S/C19H23NO3S/c1-19(17-11-7-4-8-12-17,15-16-9-5-3-6-10-16)18(21)20-13-14-24(2,22)23/h3-12H,13-15H2,1-2H3,(H,20,21). The molecular formula is C19H23NO3S. The minimum atomic E-state index is -3.10. The summed E-state index contributed by atoms with van der Waals surface area (Å²) in [4.78, 5) is 12.8. The quantitative estimate of drug-likeness (QED) is 0.838. The minimum Gasteiger partial charge on any atom is -0.354 e. The van der Waals surface area contributed by atoms with Gasteiger partial charge in [0.15, 0.2) is 0 Å². The van der Waals surface area contributed by atoms with E-state index in [0.717, 1.165) is 11.1 Å². The molecule has 0 spiro atoms. The Morgan fingerprint density at radius 1 is 1.00 bits per heavy atom. The fraction of sp³-hybridized carbons (Fsp3) is 0.316. The van der Waals surface area contributed by atoms with E-state index in [1.165, 1.54) is 6.26 Å². The van der Waals surface area contributed by atoms with Gasteiger partial charge in [0.05, 0.1) is 11.2 Å². The van der Waals surface area contributed by atoms with Crippen LogP contribution in [-0.2, 0) is 26.5 Å². The van der Waals surface area contributed by atoms with Gasteiger partial charge in [0.1, 0.15) is 9.84 Å². The van der Waals surface area contributed by atoms with Crippen LogP contribution in [0.5, 0.6) is 0 Å². The molecule has 1 N–H and O–H groups in total. The van der Waals surface area contributed by atoms with Gasteiger partial charge in [-0.05, 0) is 24.5 Å². The molecule has 24 heavy (non-hydrogen) atoms. The predicted molar refractivity (Wildman–Crippen MR) is 96.7 cm³/mol. The summed E-state index contributed by atoms with van der Waals surface area (Å²) in [6, 6.07) is 19.4. The van der Waals surface area contributed by atoms with Crippen LogP contribution in [0.3, 0.4) is 0 Å². The Hall–Kier alpha value is -2.14. The third-order valence-corrected chi connectivity index (χ3v) is 5.02. The van der Waals surface area contributed by atoms with Crippen molar-refractivity contribution < 1.29 is 13.2 Å². The average molecular weight is 345 g/mol. The summed E-state index contributed by atoms with van der Waals surface area (Å²) in [5.41, 5.74) is 1.20. The molecule has 2 rings (SSSR count). The molecule has 0 aliphatic carbocycles. The lowest BCUT2D eigenvalue weighted by Gasteiger charge is -2.29. The molecule has 1 amide bonds. The van der Waals surface area contributed by atoms with E-state index in [0.29, 0.717) is 6.42 Å². The summed E-state index contributed by atoms with van der Waals surface area (Å²) in [5, 5.41) is 2.78. The molecule has 0 aliphatic rings. The minimum absolute atomic E-state index is 0.0606. The topological polar surface area (TPSA) is 63.2 Å². The molecule has 1 atom stereocenters. The van der Waals surface area contributed by atoms with E-state index >= 15 is 0 Å². The summed E-state index contributed by atoms with van der Waals surface area (Å²) in [6.07, 6.45) is 1.71. The fourth-order valence-electron chi connectivity index (χ4n) is 2.67. The predicted octanol–water partition coefficient (Wildman–Crippen LogP) is 2.35. The first kappa shape index (κ1) is 18.2. The van der Waals surface area contributed by atoms with Gasteiger partial charge in [0, 0.05) is 12.8 Å². The van der Waals surface area contributed by atoms with Crippen LogP contribution in [0.1, 0.15) is 18.1 Å². The van der Waals surface area contributed by atoms with Gasteiger partial charge in [0.25, 0.3) is 0 Å². The highest BCUT2D eigenvalue weighted by atomic mass is 32.2. The zero-order valence-corrected chi connectivity index (χ0v) is 14.8. The number of amides is 1. The second kappa shape index (κ2) is 7.62.